The van der Waals surface area contributed by atoms with E-state index in [1.807, 2.05) is 6.92 Å². The van der Waals surface area contributed by atoms with E-state index >= 15 is 0 Å². The lowest BCUT2D eigenvalue weighted by atomic mass is 9.75. The molecule has 0 aliphatic heterocycles. The van der Waals surface area contributed by atoms with Crippen LogP contribution in [0.1, 0.15) is 79.6 Å². The zero-order valence-electron chi connectivity index (χ0n) is 17.5. The number of aliphatic hydroxyl groups is 1. The van der Waals surface area contributed by atoms with E-state index in [1.165, 1.54) is 12.8 Å². The second-order valence-corrected chi connectivity index (χ2v) is 8.62. The standard InChI is InChI=1S/C21H42N2O3/c1-6-8-16(13-23-18(7-2)21(22)25)12-20(24)26-19-11-15(5)9-10-17(19)14(3)4/h14-20,23-24H,6-13H2,1-5H3,(H2,22,25)/t15-,16+,17+,18+,19?,20?/m1/s1. The smallest absolute Gasteiger partial charge is 0.234 e. The molecular formula is C21H42N2O3. The molecule has 0 heterocycles. The zero-order valence-corrected chi connectivity index (χ0v) is 17.5. The Morgan fingerprint density at radius 3 is 2.54 bits per heavy atom. The summed E-state index contributed by atoms with van der Waals surface area (Å²) in [7, 11) is 0. The first-order valence-electron chi connectivity index (χ1n) is 10.6. The molecule has 26 heavy (non-hydrogen) atoms. The summed E-state index contributed by atoms with van der Waals surface area (Å²) in [6.07, 6.45) is 6.22. The van der Waals surface area contributed by atoms with Crippen LogP contribution in [0.3, 0.4) is 0 Å². The molecule has 0 spiro atoms. The van der Waals surface area contributed by atoms with Gasteiger partial charge in [-0.15, -0.1) is 0 Å². The first-order valence-corrected chi connectivity index (χ1v) is 10.6. The van der Waals surface area contributed by atoms with Crippen molar-refractivity contribution in [3.63, 3.8) is 0 Å². The van der Waals surface area contributed by atoms with Gasteiger partial charge in [0.2, 0.25) is 5.91 Å². The molecule has 0 radical (unpaired) electrons. The van der Waals surface area contributed by atoms with Crippen molar-refractivity contribution in [2.24, 2.45) is 29.4 Å². The SMILES string of the molecule is CCC[C@H](CN[C@@H](CC)C(N)=O)CC(O)OC1C[C@H](C)CC[C@H]1C(C)C. The van der Waals surface area contributed by atoms with Gasteiger partial charge >= 0.3 is 0 Å². The van der Waals surface area contributed by atoms with Gasteiger partial charge in [0.1, 0.15) is 0 Å². The van der Waals surface area contributed by atoms with Crippen molar-refractivity contribution in [1.82, 2.24) is 5.32 Å². The maximum Gasteiger partial charge on any atom is 0.234 e. The van der Waals surface area contributed by atoms with Crippen LogP contribution in [0.2, 0.25) is 0 Å². The van der Waals surface area contributed by atoms with Gasteiger partial charge in [0, 0.05) is 6.42 Å². The molecule has 0 aromatic rings. The van der Waals surface area contributed by atoms with Crippen molar-refractivity contribution in [3.05, 3.63) is 0 Å². The molecule has 0 aromatic heterocycles. The number of ether oxygens (including phenoxy) is 1. The van der Waals surface area contributed by atoms with Crippen molar-refractivity contribution < 1.29 is 14.6 Å². The Morgan fingerprint density at radius 2 is 2.00 bits per heavy atom. The number of nitrogens with one attached hydrogen (secondary N) is 1. The second kappa shape index (κ2) is 11.9. The lowest BCUT2D eigenvalue weighted by Crippen LogP contribution is -2.43. The predicted octanol–water partition coefficient (Wildman–Crippen LogP) is 3.44. The molecule has 5 heteroatoms. The minimum atomic E-state index is -0.737. The van der Waals surface area contributed by atoms with Gasteiger partial charge in [-0.05, 0) is 55.9 Å². The number of carbonyl (C=O) groups excluding carboxylic acids is 1. The second-order valence-electron chi connectivity index (χ2n) is 8.62. The molecule has 1 aliphatic rings. The number of carbonyl (C=O) groups is 1. The normalized spacial score (nSPS) is 27.3. The molecule has 0 aromatic carbocycles. The summed E-state index contributed by atoms with van der Waals surface area (Å²) in [6, 6.07) is -0.295. The summed E-state index contributed by atoms with van der Waals surface area (Å²) in [5.74, 6) is 1.74. The fraction of sp³-hybridized carbons (Fsp3) is 0.952. The number of nitrogens with two attached hydrogens (primary N) is 1. The Morgan fingerprint density at radius 1 is 1.31 bits per heavy atom. The number of primary amides is 1. The lowest BCUT2D eigenvalue weighted by molar-refractivity contribution is -0.176. The molecule has 0 bridgehead atoms. The Kier molecular flexibility index (Phi) is 10.7. The van der Waals surface area contributed by atoms with Crippen LogP contribution in [0.4, 0.5) is 0 Å². The Balaban J connectivity index is 2.56. The quantitative estimate of drug-likeness (QED) is 0.459. The number of aliphatic hydroxyl groups excluding tert-OH is 1. The van der Waals surface area contributed by atoms with Crippen LogP contribution in [-0.4, -0.2) is 36.0 Å². The third kappa shape index (κ3) is 7.93. The number of amides is 1. The van der Waals surface area contributed by atoms with Crippen molar-refractivity contribution in [1.29, 1.82) is 0 Å². The minimum Gasteiger partial charge on any atom is -0.368 e. The molecular weight excluding hydrogens is 328 g/mol. The molecule has 4 N–H and O–H groups in total. The summed E-state index contributed by atoms with van der Waals surface area (Å²) in [6.45, 7) is 11.6. The van der Waals surface area contributed by atoms with Gasteiger partial charge in [0.05, 0.1) is 12.1 Å². The zero-order chi connectivity index (χ0) is 19.7. The summed E-state index contributed by atoms with van der Waals surface area (Å²) in [4.78, 5) is 11.4. The van der Waals surface area contributed by atoms with Gasteiger partial charge in [-0.1, -0.05) is 47.5 Å². The lowest BCUT2D eigenvalue weighted by Gasteiger charge is -2.38. The predicted molar refractivity (Wildman–Crippen MR) is 107 cm³/mol. The van der Waals surface area contributed by atoms with E-state index in [1.54, 1.807) is 0 Å². The van der Waals surface area contributed by atoms with E-state index in [-0.39, 0.29) is 24.0 Å². The molecule has 5 nitrogen and oxygen atoms in total. The fourth-order valence-corrected chi connectivity index (χ4v) is 4.28. The Labute approximate surface area is 160 Å². The fourth-order valence-electron chi connectivity index (χ4n) is 4.28. The van der Waals surface area contributed by atoms with Gasteiger partial charge in [0.15, 0.2) is 6.29 Å². The molecule has 1 fully saturated rings. The summed E-state index contributed by atoms with van der Waals surface area (Å²) in [5.41, 5.74) is 5.41. The molecule has 2 unspecified atom stereocenters. The maximum atomic E-state index is 11.4. The maximum absolute atomic E-state index is 11.4. The van der Waals surface area contributed by atoms with E-state index in [2.05, 4.69) is 33.0 Å². The van der Waals surface area contributed by atoms with E-state index in [9.17, 15) is 9.90 Å². The third-order valence-electron chi connectivity index (χ3n) is 5.93. The van der Waals surface area contributed by atoms with Crippen molar-refractivity contribution in [2.75, 3.05) is 6.54 Å². The van der Waals surface area contributed by atoms with Crippen molar-refractivity contribution >= 4 is 5.91 Å². The van der Waals surface area contributed by atoms with Crippen molar-refractivity contribution in [2.45, 2.75) is 98.0 Å². The highest BCUT2D eigenvalue weighted by Gasteiger charge is 2.33. The van der Waals surface area contributed by atoms with Gasteiger partial charge in [-0.3, -0.25) is 4.79 Å². The van der Waals surface area contributed by atoms with E-state index in [0.717, 1.165) is 19.3 Å². The Hall–Kier alpha value is -0.650. The van der Waals surface area contributed by atoms with E-state index in [4.69, 9.17) is 10.5 Å². The molecule has 1 rings (SSSR count). The monoisotopic (exact) mass is 370 g/mol. The average Bonchev–Trinajstić information content (AvgIpc) is 2.54. The Bertz CT molecular complexity index is 403. The molecule has 1 aliphatic carbocycles. The topological polar surface area (TPSA) is 84.6 Å². The summed E-state index contributed by atoms with van der Waals surface area (Å²) in [5, 5.41) is 13.8. The highest BCUT2D eigenvalue weighted by molar-refractivity contribution is 5.79. The average molecular weight is 371 g/mol. The molecule has 1 amide bonds. The number of rotatable bonds is 12. The van der Waals surface area contributed by atoms with Gasteiger partial charge in [0.25, 0.3) is 0 Å². The molecule has 154 valence electrons. The van der Waals surface area contributed by atoms with Gasteiger partial charge < -0.3 is 20.9 Å². The minimum absolute atomic E-state index is 0.151. The molecule has 0 saturated heterocycles. The highest BCUT2D eigenvalue weighted by Crippen LogP contribution is 2.36. The van der Waals surface area contributed by atoms with Crippen LogP contribution in [0.5, 0.6) is 0 Å². The number of hydrogen-bond donors (Lipinski definition) is 3. The van der Waals surface area contributed by atoms with E-state index in [0.29, 0.717) is 37.1 Å². The summed E-state index contributed by atoms with van der Waals surface area (Å²) < 4.78 is 6.13. The van der Waals surface area contributed by atoms with Crippen LogP contribution in [0.25, 0.3) is 0 Å². The van der Waals surface area contributed by atoms with Crippen LogP contribution < -0.4 is 11.1 Å². The van der Waals surface area contributed by atoms with Gasteiger partial charge in [-0.2, -0.15) is 0 Å². The highest BCUT2D eigenvalue weighted by atomic mass is 16.6. The van der Waals surface area contributed by atoms with Crippen LogP contribution in [0.15, 0.2) is 0 Å². The molecule has 6 atom stereocenters. The molecule has 1 saturated carbocycles. The van der Waals surface area contributed by atoms with Crippen LogP contribution in [0, 0.1) is 23.7 Å². The van der Waals surface area contributed by atoms with Crippen LogP contribution in [-0.2, 0) is 9.53 Å². The van der Waals surface area contributed by atoms with Gasteiger partial charge in [-0.25, -0.2) is 0 Å². The van der Waals surface area contributed by atoms with Crippen molar-refractivity contribution in [3.8, 4) is 0 Å². The van der Waals surface area contributed by atoms with E-state index < -0.39 is 6.29 Å². The largest absolute Gasteiger partial charge is 0.368 e. The first-order chi connectivity index (χ1) is 12.3. The van der Waals surface area contributed by atoms with Crippen LogP contribution >= 0.6 is 0 Å². The summed E-state index contributed by atoms with van der Waals surface area (Å²) >= 11 is 0. The first kappa shape index (κ1) is 23.4. The third-order valence-corrected chi connectivity index (χ3v) is 5.93. The number of hydrogen-bond acceptors (Lipinski definition) is 4.